The van der Waals surface area contributed by atoms with Gasteiger partial charge in [-0.05, 0) is 49.8 Å². The van der Waals surface area contributed by atoms with Gasteiger partial charge in [-0.25, -0.2) is 18.7 Å². The molecular formula is C20H25F2N5O. The third-order valence-corrected chi connectivity index (χ3v) is 5.04. The van der Waals surface area contributed by atoms with Gasteiger partial charge in [0.05, 0.1) is 0 Å². The molecule has 0 aliphatic heterocycles. The fourth-order valence-electron chi connectivity index (χ4n) is 3.37. The van der Waals surface area contributed by atoms with Gasteiger partial charge in [0.25, 0.3) is 5.91 Å². The summed E-state index contributed by atoms with van der Waals surface area (Å²) in [7, 11) is 3.87. The SMILES string of the molecule is CN(C)c1cc(N[C@H]2CC[C@@H](CNC(=O)c3ccc(F)c(F)c3)CC2)ncn1. The minimum Gasteiger partial charge on any atom is -0.367 e. The average Bonchev–Trinajstić information content (AvgIpc) is 2.69. The molecule has 3 rings (SSSR count). The summed E-state index contributed by atoms with van der Waals surface area (Å²) < 4.78 is 26.2. The number of hydrogen-bond acceptors (Lipinski definition) is 5. The van der Waals surface area contributed by atoms with Gasteiger partial charge >= 0.3 is 0 Å². The number of benzene rings is 1. The van der Waals surface area contributed by atoms with Crippen molar-refractivity contribution in [2.75, 3.05) is 30.9 Å². The number of anilines is 2. The lowest BCUT2D eigenvalue weighted by Gasteiger charge is -2.29. The fraction of sp³-hybridized carbons (Fsp3) is 0.450. The fourth-order valence-corrected chi connectivity index (χ4v) is 3.37. The van der Waals surface area contributed by atoms with Crippen LogP contribution in [-0.2, 0) is 0 Å². The Bertz CT molecular complexity index is 822. The molecule has 2 N–H and O–H groups in total. The van der Waals surface area contributed by atoms with Crippen LogP contribution < -0.4 is 15.5 Å². The Labute approximate surface area is 163 Å². The summed E-state index contributed by atoms with van der Waals surface area (Å²) in [6, 6.07) is 5.44. The molecule has 1 aliphatic carbocycles. The molecule has 0 saturated heterocycles. The van der Waals surface area contributed by atoms with Crippen LogP contribution in [0.25, 0.3) is 0 Å². The van der Waals surface area contributed by atoms with Crippen molar-refractivity contribution in [1.82, 2.24) is 15.3 Å². The van der Waals surface area contributed by atoms with Gasteiger partial charge < -0.3 is 15.5 Å². The molecule has 6 nitrogen and oxygen atoms in total. The highest BCUT2D eigenvalue weighted by molar-refractivity contribution is 5.94. The zero-order chi connectivity index (χ0) is 20.1. The van der Waals surface area contributed by atoms with Crippen molar-refractivity contribution >= 4 is 17.5 Å². The zero-order valence-electron chi connectivity index (χ0n) is 16.1. The molecule has 0 spiro atoms. The van der Waals surface area contributed by atoms with E-state index in [-0.39, 0.29) is 11.5 Å². The van der Waals surface area contributed by atoms with E-state index in [0.29, 0.717) is 18.5 Å². The van der Waals surface area contributed by atoms with E-state index in [1.54, 1.807) is 6.33 Å². The van der Waals surface area contributed by atoms with Crippen molar-refractivity contribution in [1.29, 1.82) is 0 Å². The molecule has 1 heterocycles. The molecular weight excluding hydrogens is 364 g/mol. The Hall–Kier alpha value is -2.77. The number of aromatic nitrogens is 2. The largest absolute Gasteiger partial charge is 0.367 e. The van der Waals surface area contributed by atoms with Crippen molar-refractivity contribution in [3.63, 3.8) is 0 Å². The second kappa shape index (κ2) is 8.95. The molecule has 1 amide bonds. The molecule has 28 heavy (non-hydrogen) atoms. The van der Waals surface area contributed by atoms with Gasteiger partial charge in [-0.3, -0.25) is 4.79 Å². The van der Waals surface area contributed by atoms with Crippen molar-refractivity contribution in [3.05, 3.63) is 47.8 Å². The number of nitrogens with one attached hydrogen (secondary N) is 2. The van der Waals surface area contributed by atoms with Crippen molar-refractivity contribution in [3.8, 4) is 0 Å². The smallest absolute Gasteiger partial charge is 0.251 e. The Morgan fingerprint density at radius 2 is 1.86 bits per heavy atom. The predicted molar refractivity (Wildman–Crippen MR) is 104 cm³/mol. The predicted octanol–water partition coefficient (Wildman–Crippen LogP) is 3.22. The summed E-state index contributed by atoms with van der Waals surface area (Å²) >= 11 is 0. The van der Waals surface area contributed by atoms with Crippen LogP contribution in [0.3, 0.4) is 0 Å². The van der Waals surface area contributed by atoms with Crippen molar-refractivity contribution < 1.29 is 13.6 Å². The minimum atomic E-state index is -1.01. The highest BCUT2D eigenvalue weighted by atomic mass is 19.2. The lowest BCUT2D eigenvalue weighted by Crippen LogP contribution is -2.34. The van der Waals surface area contributed by atoms with Crippen LogP contribution in [-0.4, -0.2) is 42.6 Å². The van der Waals surface area contributed by atoms with Gasteiger partial charge in [-0.2, -0.15) is 0 Å². The van der Waals surface area contributed by atoms with Gasteiger partial charge in [-0.1, -0.05) is 0 Å². The van der Waals surface area contributed by atoms with E-state index in [1.807, 2.05) is 25.1 Å². The first-order chi connectivity index (χ1) is 13.4. The van der Waals surface area contributed by atoms with Gasteiger partial charge in [0.1, 0.15) is 18.0 Å². The van der Waals surface area contributed by atoms with Crippen LogP contribution in [0.15, 0.2) is 30.6 Å². The van der Waals surface area contributed by atoms with Crippen LogP contribution in [0.2, 0.25) is 0 Å². The summed E-state index contributed by atoms with van der Waals surface area (Å²) in [6.07, 6.45) is 5.46. The molecule has 1 aromatic carbocycles. The Balaban J connectivity index is 1.44. The standard InChI is InChI=1S/C20H25F2N5O/c1-27(2)19-10-18(24-12-25-19)26-15-6-3-13(4-7-15)11-23-20(28)14-5-8-16(21)17(22)9-14/h5,8-10,12-13,15H,3-4,6-7,11H2,1-2H3,(H,23,28)(H,24,25,26)/t13-,15+. The monoisotopic (exact) mass is 389 g/mol. The van der Waals surface area contributed by atoms with Crippen LogP contribution >= 0.6 is 0 Å². The number of nitrogens with zero attached hydrogens (tertiary/aromatic N) is 3. The summed E-state index contributed by atoms with van der Waals surface area (Å²) in [6.45, 7) is 0.531. The lowest BCUT2D eigenvalue weighted by molar-refractivity contribution is 0.0942. The highest BCUT2D eigenvalue weighted by Crippen LogP contribution is 2.26. The van der Waals surface area contributed by atoms with E-state index in [1.165, 1.54) is 6.07 Å². The molecule has 150 valence electrons. The first-order valence-electron chi connectivity index (χ1n) is 9.41. The number of carbonyl (C=O) groups excluding carboxylic acids is 1. The van der Waals surface area contributed by atoms with Gasteiger partial charge in [0, 0.05) is 38.3 Å². The normalized spacial score (nSPS) is 19.1. The molecule has 0 unspecified atom stereocenters. The quantitative estimate of drug-likeness (QED) is 0.794. The van der Waals surface area contributed by atoms with E-state index in [0.717, 1.165) is 49.5 Å². The molecule has 2 aromatic rings. The number of carbonyl (C=O) groups is 1. The van der Waals surface area contributed by atoms with E-state index in [2.05, 4.69) is 20.6 Å². The molecule has 1 aromatic heterocycles. The second-order valence-electron chi connectivity index (χ2n) is 7.36. The van der Waals surface area contributed by atoms with Gasteiger partial charge in [0.2, 0.25) is 0 Å². The maximum absolute atomic E-state index is 13.3. The molecule has 0 atom stereocenters. The van der Waals surface area contributed by atoms with Crippen LogP contribution in [0, 0.1) is 17.6 Å². The molecule has 1 aliphatic rings. The average molecular weight is 389 g/mol. The molecule has 8 heteroatoms. The molecule has 1 saturated carbocycles. The summed E-state index contributed by atoms with van der Waals surface area (Å²) in [5.74, 6) is -0.309. The van der Waals surface area contributed by atoms with Crippen LogP contribution in [0.4, 0.5) is 20.4 Å². The minimum absolute atomic E-state index is 0.134. The number of hydrogen-bond donors (Lipinski definition) is 2. The number of halogens is 2. The third kappa shape index (κ3) is 5.15. The van der Waals surface area contributed by atoms with E-state index in [4.69, 9.17) is 0 Å². The van der Waals surface area contributed by atoms with Crippen molar-refractivity contribution in [2.45, 2.75) is 31.7 Å². The van der Waals surface area contributed by atoms with Gasteiger partial charge in [-0.15, -0.1) is 0 Å². The first kappa shape index (κ1) is 20.0. The van der Waals surface area contributed by atoms with E-state index < -0.39 is 11.6 Å². The van der Waals surface area contributed by atoms with Crippen molar-refractivity contribution in [2.24, 2.45) is 5.92 Å². The Morgan fingerprint density at radius 3 is 2.54 bits per heavy atom. The molecule has 1 fully saturated rings. The molecule has 0 bridgehead atoms. The lowest BCUT2D eigenvalue weighted by atomic mass is 9.86. The molecule has 0 radical (unpaired) electrons. The number of rotatable bonds is 6. The summed E-state index contributed by atoms with van der Waals surface area (Å²) in [4.78, 5) is 22.5. The highest BCUT2D eigenvalue weighted by Gasteiger charge is 2.22. The first-order valence-corrected chi connectivity index (χ1v) is 9.41. The van der Waals surface area contributed by atoms with E-state index in [9.17, 15) is 13.6 Å². The van der Waals surface area contributed by atoms with E-state index >= 15 is 0 Å². The second-order valence-corrected chi connectivity index (χ2v) is 7.36. The number of amides is 1. The summed E-state index contributed by atoms with van der Waals surface area (Å²) in [5.41, 5.74) is 0.134. The van der Waals surface area contributed by atoms with Crippen LogP contribution in [0.5, 0.6) is 0 Å². The topological polar surface area (TPSA) is 70.2 Å². The Morgan fingerprint density at radius 1 is 1.11 bits per heavy atom. The maximum Gasteiger partial charge on any atom is 0.251 e. The summed E-state index contributed by atoms with van der Waals surface area (Å²) in [5, 5.41) is 6.28. The zero-order valence-corrected chi connectivity index (χ0v) is 16.1. The maximum atomic E-state index is 13.3. The van der Waals surface area contributed by atoms with Gasteiger partial charge in [0.15, 0.2) is 11.6 Å². The third-order valence-electron chi connectivity index (χ3n) is 5.04. The Kier molecular flexibility index (Phi) is 6.38. The van der Waals surface area contributed by atoms with Crippen LogP contribution in [0.1, 0.15) is 36.0 Å².